The van der Waals surface area contributed by atoms with Crippen LogP contribution in [-0.4, -0.2) is 30.1 Å². The zero-order chi connectivity index (χ0) is 18.5. The first-order valence-corrected chi connectivity index (χ1v) is 8.08. The predicted octanol–water partition coefficient (Wildman–Crippen LogP) is 3.43. The second-order valence-electron chi connectivity index (χ2n) is 5.66. The molecule has 3 rings (SSSR count). The number of aromatic nitrogens is 1. The fourth-order valence-corrected chi connectivity index (χ4v) is 2.40. The fourth-order valence-electron chi connectivity index (χ4n) is 2.40. The molecule has 0 radical (unpaired) electrons. The molecule has 0 unspecified atom stereocenters. The molecule has 0 aliphatic heterocycles. The van der Waals surface area contributed by atoms with Crippen molar-refractivity contribution in [3.63, 3.8) is 0 Å². The van der Waals surface area contributed by atoms with Crippen LogP contribution in [0.3, 0.4) is 0 Å². The number of pyridine rings is 1. The average Bonchev–Trinajstić information content (AvgIpc) is 2.67. The summed E-state index contributed by atoms with van der Waals surface area (Å²) in [5.74, 6) is -0.468. The van der Waals surface area contributed by atoms with Crippen molar-refractivity contribution in [2.75, 3.05) is 12.4 Å². The summed E-state index contributed by atoms with van der Waals surface area (Å²) in [4.78, 5) is 28.8. The molecule has 2 aromatic carbocycles. The molecule has 0 spiro atoms. The number of rotatable bonds is 5. The molecule has 3 aromatic rings. The Kier molecular flexibility index (Phi) is 5.12. The second-order valence-corrected chi connectivity index (χ2v) is 5.66. The Morgan fingerprint density at radius 1 is 1.04 bits per heavy atom. The van der Waals surface area contributed by atoms with Gasteiger partial charge in [0.1, 0.15) is 11.4 Å². The first-order chi connectivity index (χ1) is 12.6. The number of amides is 1. The van der Waals surface area contributed by atoms with Crippen LogP contribution in [0.5, 0.6) is 5.75 Å². The lowest BCUT2D eigenvalue weighted by Gasteiger charge is -2.14. The molecule has 0 aliphatic carbocycles. The van der Waals surface area contributed by atoms with Gasteiger partial charge in [-0.15, -0.1) is 0 Å². The van der Waals surface area contributed by atoms with Crippen molar-refractivity contribution in [3.05, 3.63) is 66.4 Å². The number of esters is 1. The molecular weight excluding hydrogens is 332 g/mol. The van der Waals surface area contributed by atoms with Crippen LogP contribution in [-0.2, 0) is 9.53 Å². The summed E-state index contributed by atoms with van der Waals surface area (Å²) in [5.41, 5.74) is 1.40. The lowest BCUT2D eigenvalue weighted by atomic mass is 10.2. The first-order valence-electron chi connectivity index (χ1n) is 8.08. The van der Waals surface area contributed by atoms with E-state index in [9.17, 15) is 9.59 Å². The number of anilines is 1. The van der Waals surface area contributed by atoms with Crippen molar-refractivity contribution in [3.8, 4) is 5.75 Å². The van der Waals surface area contributed by atoms with Crippen molar-refractivity contribution >= 4 is 28.5 Å². The van der Waals surface area contributed by atoms with Crippen LogP contribution < -0.4 is 10.1 Å². The van der Waals surface area contributed by atoms with Gasteiger partial charge in [-0.05, 0) is 31.2 Å². The maximum absolute atomic E-state index is 12.3. The van der Waals surface area contributed by atoms with Crippen LogP contribution in [0.25, 0.3) is 10.9 Å². The van der Waals surface area contributed by atoms with E-state index in [-0.39, 0.29) is 5.69 Å². The lowest BCUT2D eigenvalue weighted by molar-refractivity contribution is -0.123. The van der Waals surface area contributed by atoms with Gasteiger partial charge >= 0.3 is 5.97 Å². The van der Waals surface area contributed by atoms with Crippen LogP contribution in [0.1, 0.15) is 17.4 Å². The molecular formula is C20H18N2O4. The molecule has 1 atom stereocenters. The Morgan fingerprint density at radius 2 is 1.85 bits per heavy atom. The highest BCUT2D eigenvalue weighted by Crippen LogP contribution is 2.17. The van der Waals surface area contributed by atoms with Gasteiger partial charge in [0.05, 0.1) is 12.6 Å². The number of hydrogen-bond donors (Lipinski definition) is 1. The fraction of sp³-hybridized carbons (Fsp3) is 0.150. The third kappa shape index (κ3) is 3.97. The van der Waals surface area contributed by atoms with Crippen molar-refractivity contribution in [1.29, 1.82) is 0 Å². The topological polar surface area (TPSA) is 77.5 Å². The normalized spacial score (nSPS) is 11.6. The average molecular weight is 350 g/mol. The van der Waals surface area contributed by atoms with Crippen molar-refractivity contribution in [2.45, 2.75) is 13.0 Å². The molecule has 6 heteroatoms. The van der Waals surface area contributed by atoms with E-state index in [1.165, 1.54) is 6.92 Å². The number of nitrogens with one attached hydrogen (secondary N) is 1. The minimum Gasteiger partial charge on any atom is -0.497 e. The van der Waals surface area contributed by atoms with Crippen LogP contribution in [0, 0.1) is 0 Å². The van der Waals surface area contributed by atoms with Gasteiger partial charge in [0, 0.05) is 17.1 Å². The Labute approximate surface area is 150 Å². The third-order valence-electron chi connectivity index (χ3n) is 3.80. The minimum absolute atomic E-state index is 0.157. The quantitative estimate of drug-likeness (QED) is 0.713. The summed E-state index contributed by atoms with van der Waals surface area (Å²) in [6, 6.07) is 17.7. The number of para-hydroxylation sites is 1. The Hall–Kier alpha value is -3.41. The van der Waals surface area contributed by atoms with Crippen LogP contribution in [0.15, 0.2) is 60.7 Å². The van der Waals surface area contributed by atoms with E-state index >= 15 is 0 Å². The SMILES string of the molecule is COc1cccc(NC(=O)[C@H](C)OC(=O)c2ccc3ccccc3n2)c1. The van der Waals surface area contributed by atoms with Gasteiger partial charge in [-0.1, -0.05) is 30.3 Å². The van der Waals surface area contributed by atoms with E-state index in [2.05, 4.69) is 10.3 Å². The number of ether oxygens (including phenoxy) is 2. The number of fused-ring (bicyclic) bond motifs is 1. The molecule has 6 nitrogen and oxygen atoms in total. The number of methoxy groups -OCH3 is 1. The van der Waals surface area contributed by atoms with Gasteiger partial charge < -0.3 is 14.8 Å². The Morgan fingerprint density at radius 3 is 2.65 bits per heavy atom. The summed E-state index contributed by atoms with van der Waals surface area (Å²) in [5, 5.41) is 3.61. The number of carbonyl (C=O) groups excluding carboxylic acids is 2. The molecule has 1 aromatic heterocycles. The highest BCUT2D eigenvalue weighted by atomic mass is 16.5. The van der Waals surface area contributed by atoms with Gasteiger partial charge in [0.15, 0.2) is 6.10 Å². The highest BCUT2D eigenvalue weighted by Gasteiger charge is 2.20. The molecule has 1 amide bonds. The monoisotopic (exact) mass is 350 g/mol. The number of benzene rings is 2. The van der Waals surface area contributed by atoms with Gasteiger partial charge in [-0.25, -0.2) is 9.78 Å². The molecule has 1 heterocycles. The number of carbonyl (C=O) groups is 2. The van der Waals surface area contributed by atoms with Gasteiger partial charge in [0.2, 0.25) is 0 Å². The summed E-state index contributed by atoms with van der Waals surface area (Å²) in [6.45, 7) is 1.51. The van der Waals surface area contributed by atoms with E-state index < -0.39 is 18.0 Å². The van der Waals surface area contributed by atoms with E-state index in [1.807, 2.05) is 24.3 Å². The number of nitrogens with zero attached hydrogens (tertiary/aromatic N) is 1. The van der Waals surface area contributed by atoms with Crippen LogP contribution >= 0.6 is 0 Å². The van der Waals surface area contributed by atoms with Crippen LogP contribution in [0.4, 0.5) is 5.69 Å². The molecule has 1 N–H and O–H groups in total. The summed E-state index contributed by atoms with van der Waals surface area (Å²) in [6.07, 6.45) is -0.970. The molecule has 0 aliphatic rings. The highest BCUT2D eigenvalue weighted by molar-refractivity contribution is 5.97. The maximum Gasteiger partial charge on any atom is 0.357 e. The van der Waals surface area contributed by atoms with Crippen molar-refractivity contribution < 1.29 is 19.1 Å². The minimum atomic E-state index is -0.970. The summed E-state index contributed by atoms with van der Waals surface area (Å²) < 4.78 is 10.3. The molecule has 0 bridgehead atoms. The van der Waals surface area contributed by atoms with Crippen molar-refractivity contribution in [1.82, 2.24) is 4.98 Å². The predicted molar refractivity (Wildman–Crippen MR) is 98.2 cm³/mol. The zero-order valence-electron chi connectivity index (χ0n) is 14.4. The smallest absolute Gasteiger partial charge is 0.357 e. The standard InChI is InChI=1S/C20H18N2O4/c1-13(19(23)21-15-7-5-8-16(12-15)25-2)26-20(24)18-11-10-14-6-3-4-9-17(14)22-18/h3-13H,1-2H3,(H,21,23)/t13-/m0/s1. The van der Waals surface area contributed by atoms with Crippen molar-refractivity contribution in [2.24, 2.45) is 0 Å². The molecule has 0 saturated heterocycles. The molecule has 26 heavy (non-hydrogen) atoms. The van der Waals surface area contributed by atoms with Gasteiger partial charge in [-0.3, -0.25) is 4.79 Å². The Bertz CT molecular complexity index is 955. The number of hydrogen-bond acceptors (Lipinski definition) is 5. The molecule has 0 fully saturated rings. The van der Waals surface area contributed by atoms with Gasteiger partial charge in [-0.2, -0.15) is 0 Å². The van der Waals surface area contributed by atoms with E-state index in [1.54, 1.807) is 43.5 Å². The Balaban J connectivity index is 1.66. The van der Waals surface area contributed by atoms with E-state index in [0.29, 0.717) is 17.0 Å². The largest absolute Gasteiger partial charge is 0.497 e. The van der Waals surface area contributed by atoms with E-state index in [0.717, 1.165) is 5.39 Å². The van der Waals surface area contributed by atoms with Crippen LogP contribution in [0.2, 0.25) is 0 Å². The first kappa shape index (κ1) is 17.4. The third-order valence-corrected chi connectivity index (χ3v) is 3.80. The maximum atomic E-state index is 12.3. The van der Waals surface area contributed by atoms with Gasteiger partial charge in [0.25, 0.3) is 5.91 Å². The summed E-state index contributed by atoms with van der Waals surface area (Å²) >= 11 is 0. The molecule has 0 saturated carbocycles. The summed E-state index contributed by atoms with van der Waals surface area (Å²) in [7, 11) is 1.54. The lowest BCUT2D eigenvalue weighted by Crippen LogP contribution is -2.30. The van der Waals surface area contributed by atoms with E-state index in [4.69, 9.17) is 9.47 Å². The molecule has 132 valence electrons. The second kappa shape index (κ2) is 7.65. The zero-order valence-corrected chi connectivity index (χ0v) is 14.4.